The van der Waals surface area contributed by atoms with Gasteiger partial charge in [-0.25, -0.2) is 0 Å². The molecule has 4 nitrogen and oxygen atoms in total. The maximum Gasteiger partial charge on any atom is 0.416 e. The molecule has 2 aromatic rings. The van der Waals surface area contributed by atoms with Crippen LogP contribution in [-0.2, 0) is 21.3 Å². The van der Waals surface area contributed by atoms with E-state index in [2.05, 4.69) is 40.6 Å². The first-order chi connectivity index (χ1) is 14.3. The number of hydrogen-bond acceptors (Lipinski definition) is 4. The van der Waals surface area contributed by atoms with Crippen molar-refractivity contribution in [3.8, 4) is 0 Å². The highest BCUT2D eigenvalue weighted by Crippen LogP contribution is 2.34. The summed E-state index contributed by atoms with van der Waals surface area (Å²) < 4.78 is 49.2. The first kappa shape index (κ1) is 20.8. The molecule has 160 valence electrons. The summed E-state index contributed by atoms with van der Waals surface area (Å²) in [5, 5.41) is 0. The smallest absolute Gasteiger partial charge is 0.375 e. The van der Waals surface area contributed by atoms with Crippen LogP contribution in [0.25, 0.3) is 5.70 Å². The fourth-order valence-corrected chi connectivity index (χ4v) is 3.93. The van der Waals surface area contributed by atoms with Crippen molar-refractivity contribution in [2.75, 3.05) is 51.4 Å². The van der Waals surface area contributed by atoms with E-state index in [0.717, 1.165) is 60.8 Å². The van der Waals surface area contributed by atoms with Crippen molar-refractivity contribution in [3.05, 3.63) is 71.8 Å². The van der Waals surface area contributed by atoms with Crippen molar-refractivity contribution in [2.45, 2.75) is 11.8 Å². The van der Waals surface area contributed by atoms with Gasteiger partial charge in [-0.05, 0) is 35.4 Å². The van der Waals surface area contributed by atoms with Crippen LogP contribution in [0.1, 0.15) is 16.7 Å². The highest BCUT2D eigenvalue weighted by Gasteiger charge is 2.40. The molecule has 0 saturated carbocycles. The second kappa shape index (κ2) is 7.96. The summed E-state index contributed by atoms with van der Waals surface area (Å²) in [6.07, 6.45) is -4.31. The molecule has 7 heteroatoms. The third-order valence-electron chi connectivity index (χ3n) is 6.03. The standard InChI is InChI=1S/C23H25F3N2O2/c1-17(18-3-5-19(6-4-18)22(29-2)15-30-16-22)27-11-13-28(14-12-27)21-9-7-20(8-10-21)23(24,25)26/h3-10H,1,11-16H2,2H3. The number of nitrogens with zero attached hydrogens (tertiary/aromatic N) is 2. The molecule has 30 heavy (non-hydrogen) atoms. The molecule has 0 unspecified atom stereocenters. The molecule has 0 atom stereocenters. The van der Waals surface area contributed by atoms with E-state index in [-0.39, 0.29) is 5.60 Å². The average molecular weight is 418 g/mol. The summed E-state index contributed by atoms with van der Waals surface area (Å²) in [6.45, 7) is 8.37. The molecule has 0 aliphatic carbocycles. The fourth-order valence-electron chi connectivity index (χ4n) is 3.93. The van der Waals surface area contributed by atoms with Gasteiger partial charge in [0.2, 0.25) is 0 Å². The summed E-state index contributed by atoms with van der Waals surface area (Å²) in [5.74, 6) is 0. The van der Waals surface area contributed by atoms with Gasteiger partial charge in [0.25, 0.3) is 0 Å². The molecule has 0 spiro atoms. The highest BCUT2D eigenvalue weighted by atomic mass is 19.4. The van der Waals surface area contributed by atoms with E-state index in [9.17, 15) is 13.2 Å². The van der Waals surface area contributed by atoms with Gasteiger partial charge in [-0.15, -0.1) is 0 Å². The number of rotatable bonds is 5. The van der Waals surface area contributed by atoms with Crippen LogP contribution in [0, 0.1) is 0 Å². The van der Waals surface area contributed by atoms with E-state index in [4.69, 9.17) is 9.47 Å². The molecular weight excluding hydrogens is 393 g/mol. The van der Waals surface area contributed by atoms with E-state index in [1.54, 1.807) is 19.2 Å². The van der Waals surface area contributed by atoms with Gasteiger partial charge in [0.15, 0.2) is 0 Å². The molecule has 0 radical (unpaired) electrons. The van der Waals surface area contributed by atoms with Crippen molar-refractivity contribution in [1.82, 2.24) is 4.90 Å². The molecule has 0 amide bonds. The number of anilines is 1. The number of ether oxygens (including phenoxy) is 2. The van der Waals surface area contributed by atoms with Crippen LogP contribution in [0.15, 0.2) is 55.1 Å². The van der Waals surface area contributed by atoms with E-state index in [0.29, 0.717) is 13.2 Å². The molecule has 2 fully saturated rings. The van der Waals surface area contributed by atoms with E-state index in [1.165, 1.54) is 0 Å². The van der Waals surface area contributed by atoms with Gasteiger partial charge >= 0.3 is 6.18 Å². The van der Waals surface area contributed by atoms with Crippen molar-refractivity contribution in [3.63, 3.8) is 0 Å². The summed E-state index contributed by atoms with van der Waals surface area (Å²) in [4.78, 5) is 4.32. The largest absolute Gasteiger partial charge is 0.416 e. The maximum atomic E-state index is 12.8. The Morgan fingerprint density at radius 2 is 1.57 bits per heavy atom. The zero-order valence-corrected chi connectivity index (χ0v) is 16.9. The van der Waals surface area contributed by atoms with Crippen LogP contribution in [-0.4, -0.2) is 51.4 Å². The minimum Gasteiger partial charge on any atom is -0.375 e. The van der Waals surface area contributed by atoms with Crippen molar-refractivity contribution < 1.29 is 22.6 Å². The minimum absolute atomic E-state index is 0.340. The molecule has 4 rings (SSSR count). The number of halogens is 3. The predicted octanol–water partition coefficient (Wildman–Crippen LogP) is 4.37. The lowest BCUT2D eigenvalue weighted by molar-refractivity contribution is -0.202. The number of piperazine rings is 1. The summed E-state index contributed by atoms with van der Waals surface area (Å²) in [5.41, 5.74) is 2.95. The summed E-state index contributed by atoms with van der Waals surface area (Å²) in [7, 11) is 1.70. The van der Waals surface area contributed by atoms with Crippen LogP contribution in [0.4, 0.5) is 18.9 Å². The molecule has 0 bridgehead atoms. The lowest BCUT2D eigenvalue weighted by Crippen LogP contribution is -2.48. The zero-order chi connectivity index (χ0) is 21.4. The van der Waals surface area contributed by atoms with Crippen LogP contribution in [0.2, 0.25) is 0 Å². The van der Waals surface area contributed by atoms with Crippen molar-refractivity contribution in [2.24, 2.45) is 0 Å². The van der Waals surface area contributed by atoms with E-state index < -0.39 is 11.7 Å². The van der Waals surface area contributed by atoms with Gasteiger partial charge in [0.1, 0.15) is 5.60 Å². The van der Waals surface area contributed by atoms with Crippen molar-refractivity contribution in [1.29, 1.82) is 0 Å². The highest BCUT2D eigenvalue weighted by molar-refractivity contribution is 5.63. The Morgan fingerprint density at radius 3 is 2.03 bits per heavy atom. The lowest BCUT2D eigenvalue weighted by atomic mass is 9.91. The molecular formula is C23H25F3N2O2. The monoisotopic (exact) mass is 418 g/mol. The van der Waals surface area contributed by atoms with Crippen LogP contribution in [0.5, 0.6) is 0 Å². The molecule has 2 aromatic carbocycles. The van der Waals surface area contributed by atoms with Gasteiger partial charge in [0, 0.05) is 44.7 Å². The lowest BCUT2D eigenvalue weighted by Gasteiger charge is -2.40. The normalized spacial score (nSPS) is 18.8. The third-order valence-corrected chi connectivity index (χ3v) is 6.03. The second-order valence-electron chi connectivity index (χ2n) is 7.73. The van der Waals surface area contributed by atoms with E-state index >= 15 is 0 Å². The van der Waals surface area contributed by atoms with Gasteiger partial charge in [-0.2, -0.15) is 13.2 Å². The van der Waals surface area contributed by atoms with Gasteiger partial charge in [0.05, 0.1) is 18.8 Å². The molecule has 2 heterocycles. The fraction of sp³-hybridized carbons (Fsp3) is 0.391. The molecule has 0 aromatic heterocycles. The summed E-state index contributed by atoms with van der Waals surface area (Å²) >= 11 is 0. The topological polar surface area (TPSA) is 24.9 Å². The quantitative estimate of drug-likeness (QED) is 0.720. The Hall–Kier alpha value is -2.51. The average Bonchev–Trinajstić information content (AvgIpc) is 2.73. The minimum atomic E-state index is -4.31. The molecule has 2 aliphatic rings. The van der Waals surface area contributed by atoms with Crippen molar-refractivity contribution >= 4 is 11.4 Å². The second-order valence-corrected chi connectivity index (χ2v) is 7.73. The molecule has 2 saturated heterocycles. The first-order valence-electron chi connectivity index (χ1n) is 9.92. The van der Waals surface area contributed by atoms with Gasteiger partial charge in [-0.3, -0.25) is 0 Å². The Labute approximate surface area is 174 Å². The van der Waals surface area contributed by atoms with Crippen LogP contribution < -0.4 is 4.90 Å². The van der Waals surface area contributed by atoms with E-state index in [1.807, 2.05) is 0 Å². The third kappa shape index (κ3) is 3.91. The Morgan fingerprint density at radius 1 is 0.967 bits per heavy atom. The predicted molar refractivity (Wildman–Crippen MR) is 110 cm³/mol. The first-order valence-corrected chi connectivity index (χ1v) is 9.92. The van der Waals surface area contributed by atoms with Gasteiger partial charge < -0.3 is 19.3 Å². The Kier molecular flexibility index (Phi) is 5.51. The molecule has 2 aliphatic heterocycles. The zero-order valence-electron chi connectivity index (χ0n) is 16.9. The van der Waals surface area contributed by atoms with Crippen LogP contribution >= 0.6 is 0 Å². The number of hydrogen-bond donors (Lipinski definition) is 0. The SMILES string of the molecule is C=C(c1ccc(C2(OC)COC2)cc1)N1CCN(c2ccc(C(F)(F)F)cc2)CC1. The van der Waals surface area contributed by atoms with Crippen LogP contribution in [0.3, 0.4) is 0 Å². The van der Waals surface area contributed by atoms with Gasteiger partial charge in [-0.1, -0.05) is 30.8 Å². The maximum absolute atomic E-state index is 12.8. The summed E-state index contributed by atoms with van der Waals surface area (Å²) in [6, 6.07) is 13.6. The Bertz CT molecular complexity index is 877. The Balaban J connectivity index is 1.36. The molecule has 0 N–H and O–H groups in total. The number of benzene rings is 2. The number of methoxy groups -OCH3 is 1. The number of alkyl halides is 3.